The number of methoxy groups -OCH3 is 1. The lowest BCUT2D eigenvalue weighted by Gasteiger charge is -2.02. The number of carbonyl (C=O) groups is 1. The van der Waals surface area contributed by atoms with E-state index in [1.165, 1.54) is 13.4 Å². The monoisotopic (exact) mass is 208 g/mol. The van der Waals surface area contributed by atoms with Crippen LogP contribution < -0.4 is 0 Å². The Hall–Kier alpha value is -1.81. The fourth-order valence-corrected chi connectivity index (χ4v) is 1.01. The molecule has 0 aliphatic carbocycles. The third kappa shape index (κ3) is 3.44. The van der Waals surface area contributed by atoms with E-state index < -0.39 is 0 Å². The fourth-order valence-electron chi connectivity index (χ4n) is 1.01. The zero-order valence-corrected chi connectivity index (χ0v) is 8.43. The maximum Gasteiger partial charge on any atom is 0.337 e. The highest BCUT2D eigenvalue weighted by Crippen LogP contribution is 2.07. The smallest absolute Gasteiger partial charge is 0.337 e. The number of ether oxygens (including phenoxy) is 1. The first-order valence-electron chi connectivity index (χ1n) is 4.34. The molecule has 0 N–H and O–H groups in total. The van der Waals surface area contributed by atoms with Gasteiger partial charge >= 0.3 is 5.97 Å². The van der Waals surface area contributed by atoms with E-state index in [9.17, 15) is 4.79 Å². The molecule has 0 heterocycles. The third-order valence-electron chi connectivity index (χ3n) is 1.74. The molecule has 0 saturated heterocycles. The van der Waals surface area contributed by atoms with E-state index in [1.54, 1.807) is 24.3 Å². The lowest BCUT2D eigenvalue weighted by atomic mass is 10.1. The predicted molar refractivity (Wildman–Crippen MR) is 53.9 cm³/mol. The second kappa shape index (κ2) is 5.82. The summed E-state index contributed by atoms with van der Waals surface area (Å²) in [5, 5.41) is 0. The van der Waals surface area contributed by atoms with Crippen LogP contribution in [0.4, 0.5) is 0 Å². The third-order valence-corrected chi connectivity index (χ3v) is 1.74. The zero-order chi connectivity index (χ0) is 11.1. The molecule has 0 unspecified atom stereocenters. The number of hydrogen-bond donors (Lipinski definition) is 0. The van der Waals surface area contributed by atoms with Crippen molar-refractivity contribution in [2.24, 2.45) is 0 Å². The Labute approximate surface area is 88.0 Å². The first-order valence-corrected chi connectivity index (χ1v) is 4.34. The molecule has 0 aromatic heterocycles. The van der Waals surface area contributed by atoms with E-state index in [2.05, 4.69) is 16.2 Å². The second-order valence-corrected chi connectivity index (χ2v) is 2.71. The molecule has 0 bridgehead atoms. The van der Waals surface area contributed by atoms with Crippen LogP contribution in [0.1, 0.15) is 15.9 Å². The maximum atomic E-state index is 11.1. The number of benzene rings is 1. The topological polar surface area (TPSA) is 44.8 Å². The van der Waals surface area contributed by atoms with Gasteiger partial charge in [-0.3, -0.25) is 0 Å². The van der Waals surface area contributed by atoms with E-state index in [0.717, 1.165) is 5.56 Å². The van der Waals surface area contributed by atoms with Crippen LogP contribution in [0.3, 0.4) is 0 Å². The average Bonchev–Trinajstić information content (AvgIpc) is 2.29. The van der Waals surface area contributed by atoms with Crippen LogP contribution in [-0.4, -0.2) is 13.1 Å². The molecule has 0 aliphatic heterocycles. The van der Waals surface area contributed by atoms with Gasteiger partial charge in [-0.05, 0) is 17.7 Å². The van der Waals surface area contributed by atoms with Crippen LogP contribution in [0.25, 0.3) is 0 Å². The Morgan fingerprint density at radius 3 is 2.60 bits per heavy atom. The molecule has 1 aromatic carbocycles. The van der Waals surface area contributed by atoms with Crippen molar-refractivity contribution in [1.29, 1.82) is 0 Å². The Kier molecular flexibility index (Phi) is 4.37. The van der Waals surface area contributed by atoms with Gasteiger partial charge in [0, 0.05) is 0 Å². The van der Waals surface area contributed by atoms with Crippen molar-refractivity contribution in [2.75, 3.05) is 7.11 Å². The number of hydrogen-bond acceptors (Lipinski definition) is 4. The minimum Gasteiger partial charge on any atom is -0.465 e. The van der Waals surface area contributed by atoms with Crippen molar-refractivity contribution in [2.45, 2.75) is 6.61 Å². The highest BCUT2D eigenvalue weighted by molar-refractivity contribution is 5.89. The van der Waals surface area contributed by atoms with Crippen molar-refractivity contribution in [3.63, 3.8) is 0 Å². The molecule has 0 atom stereocenters. The van der Waals surface area contributed by atoms with Gasteiger partial charge in [-0.25, -0.2) is 4.79 Å². The summed E-state index contributed by atoms with van der Waals surface area (Å²) in [5.41, 5.74) is 1.40. The lowest BCUT2D eigenvalue weighted by molar-refractivity contribution is -0.258. The van der Waals surface area contributed by atoms with Crippen LogP contribution in [0.2, 0.25) is 0 Å². The van der Waals surface area contributed by atoms with E-state index in [1.807, 2.05) is 0 Å². The van der Waals surface area contributed by atoms with Gasteiger partial charge in [0.2, 0.25) is 0 Å². The van der Waals surface area contributed by atoms with Crippen LogP contribution in [0, 0.1) is 0 Å². The quantitative estimate of drug-likeness (QED) is 0.244. The molecule has 0 fully saturated rings. The van der Waals surface area contributed by atoms with Crippen LogP contribution in [0.5, 0.6) is 0 Å². The van der Waals surface area contributed by atoms with E-state index in [4.69, 9.17) is 4.89 Å². The van der Waals surface area contributed by atoms with Crippen LogP contribution in [0.15, 0.2) is 37.1 Å². The van der Waals surface area contributed by atoms with Gasteiger partial charge in [-0.1, -0.05) is 18.7 Å². The summed E-state index contributed by atoms with van der Waals surface area (Å²) in [6, 6.07) is 6.86. The van der Waals surface area contributed by atoms with Gasteiger partial charge in [0.25, 0.3) is 0 Å². The van der Waals surface area contributed by atoms with Gasteiger partial charge in [0.15, 0.2) is 0 Å². The zero-order valence-electron chi connectivity index (χ0n) is 8.43. The molecule has 1 aromatic rings. The van der Waals surface area contributed by atoms with Crippen LogP contribution >= 0.6 is 0 Å². The fraction of sp³-hybridized carbons (Fsp3) is 0.182. The Morgan fingerprint density at radius 1 is 1.40 bits per heavy atom. The summed E-state index contributed by atoms with van der Waals surface area (Å²) >= 11 is 0. The molecule has 1 rings (SSSR count). The molecule has 4 nitrogen and oxygen atoms in total. The molecule has 0 radical (unpaired) electrons. The summed E-state index contributed by atoms with van der Waals surface area (Å²) in [5.74, 6) is -0.357. The highest BCUT2D eigenvalue weighted by atomic mass is 17.2. The molecule has 4 heteroatoms. The standard InChI is InChI=1S/C11H12O4/c1-3-14-15-8-9-4-6-10(7-5-9)11(12)13-2/h3-7H,1,8H2,2H3. The lowest BCUT2D eigenvalue weighted by Crippen LogP contribution is -2.01. The van der Waals surface area contributed by atoms with Crippen molar-refractivity contribution < 1.29 is 19.3 Å². The number of esters is 1. The van der Waals surface area contributed by atoms with Crippen LogP contribution in [-0.2, 0) is 21.1 Å². The molecule has 15 heavy (non-hydrogen) atoms. The van der Waals surface area contributed by atoms with E-state index >= 15 is 0 Å². The Bertz CT molecular complexity index is 329. The molecule has 80 valence electrons. The van der Waals surface area contributed by atoms with Crippen molar-refractivity contribution >= 4 is 5.97 Å². The summed E-state index contributed by atoms with van der Waals surface area (Å²) in [7, 11) is 1.34. The Morgan fingerprint density at radius 2 is 2.07 bits per heavy atom. The molecule has 0 amide bonds. The number of carbonyl (C=O) groups excluding carboxylic acids is 1. The van der Waals surface area contributed by atoms with E-state index in [0.29, 0.717) is 12.2 Å². The SMILES string of the molecule is C=COOCc1ccc(C(=O)OC)cc1. The second-order valence-electron chi connectivity index (χ2n) is 2.71. The van der Waals surface area contributed by atoms with E-state index in [-0.39, 0.29) is 5.97 Å². The van der Waals surface area contributed by atoms with Crippen molar-refractivity contribution in [1.82, 2.24) is 0 Å². The van der Waals surface area contributed by atoms with Gasteiger partial charge in [-0.15, -0.1) is 0 Å². The average molecular weight is 208 g/mol. The predicted octanol–water partition coefficient (Wildman–Crippen LogP) is 2.06. The summed E-state index contributed by atoms with van der Waals surface area (Å²) in [6.07, 6.45) is 1.20. The Balaban J connectivity index is 2.56. The number of rotatable bonds is 5. The summed E-state index contributed by atoms with van der Waals surface area (Å²) in [4.78, 5) is 20.4. The molecular weight excluding hydrogens is 196 g/mol. The molecule has 0 aliphatic rings. The molecule has 0 saturated carbocycles. The maximum absolute atomic E-state index is 11.1. The largest absolute Gasteiger partial charge is 0.465 e. The molecular formula is C11H12O4. The summed E-state index contributed by atoms with van der Waals surface area (Å²) < 4.78 is 4.57. The first-order chi connectivity index (χ1) is 7.27. The highest BCUT2D eigenvalue weighted by Gasteiger charge is 2.03. The first kappa shape index (κ1) is 11.3. The normalized spacial score (nSPS) is 9.40. The van der Waals surface area contributed by atoms with Gasteiger partial charge in [0.05, 0.1) is 12.7 Å². The molecule has 0 spiro atoms. The minimum atomic E-state index is -0.357. The minimum absolute atomic E-state index is 0.299. The van der Waals surface area contributed by atoms with Gasteiger partial charge in [0.1, 0.15) is 12.9 Å². The summed E-state index contributed by atoms with van der Waals surface area (Å²) in [6.45, 7) is 3.63. The van der Waals surface area contributed by atoms with Crippen molar-refractivity contribution in [3.8, 4) is 0 Å². The van der Waals surface area contributed by atoms with Gasteiger partial charge < -0.3 is 9.62 Å². The van der Waals surface area contributed by atoms with Crippen molar-refractivity contribution in [3.05, 3.63) is 48.2 Å². The van der Waals surface area contributed by atoms with Gasteiger partial charge in [-0.2, -0.15) is 4.89 Å².